The van der Waals surface area contributed by atoms with Crippen LogP contribution in [0.4, 0.5) is 23.2 Å². The molecule has 0 aliphatic heterocycles. The summed E-state index contributed by atoms with van der Waals surface area (Å²) in [6, 6.07) is 45.3. The molecule has 0 amide bonds. The van der Waals surface area contributed by atoms with Crippen LogP contribution < -0.4 is 0 Å². The van der Waals surface area contributed by atoms with E-state index >= 15 is 0 Å². The number of nitrogens with zero attached hydrogens (tertiary/aromatic N) is 1. The summed E-state index contributed by atoms with van der Waals surface area (Å²) >= 11 is 0. The van der Waals surface area contributed by atoms with Gasteiger partial charge < -0.3 is 4.74 Å². The summed E-state index contributed by atoms with van der Waals surface area (Å²) in [5, 5.41) is 10.3. The van der Waals surface area contributed by atoms with Gasteiger partial charge in [0.25, 0.3) is 5.69 Å². The van der Waals surface area contributed by atoms with E-state index in [1.807, 2.05) is 57.2 Å². The van der Waals surface area contributed by atoms with Crippen molar-refractivity contribution < 1.29 is 32.0 Å². The topological polar surface area (TPSA) is 69.4 Å². The Bertz CT molecular complexity index is 2090. The molecule has 6 aromatic carbocycles. The second-order valence-corrected chi connectivity index (χ2v) is 13.5. The number of nitro groups is 1. The molecule has 0 bridgehead atoms. The molecule has 61 heavy (non-hydrogen) atoms. The molecule has 9 heteroatoms. The van der Waals surface area contributed by atoms with Gasteiger partial charge in [0.2, 0.25) is 0 Å². The third-order valence-corrected chi connectivity index (χ3v) is 8.99. The van der Waals surface area contributed by atoms with Crippen LogP contribution in [0.5, 0.6) is 0 Å². The minimum atomic E-state index is -4.22. The molecule has 0 aliphatic carbocycles. The lowest BCUT2D eigenvalue weighted by Crippen LogP contribution is -2.04. The number of nitro benzene ring substituents is 1. The summed E-state index contributed by atoms with van der Waals surface area (Å²) in [5.41, 5.74) is 8.33. The van der Waals surface area contributed by atoms with Gasteiger partial charge in [-0.25, -0.2) is 9.18 Å². The van der Waals surface area contributed by atoms with Crippen molar-refractivity contribution in [3.8, 4) is 0 Å². The molecular weight excluding hydrogens is 779 g/mol. The molecule has 6 rings (SSSR count). The van der Waals surface area contributed by atoms with Crippen LogP contribution >= 0.6 is 0 Å². The number of carbonyl (C=O) groups is 1. The van der Waals surface area contributed by atoms with Crippen LogP contribution in [0.3, 0.4) is 0 Å². The molecule has 0 N–H and O–H groups in total. The lowest BCUT2D eigenvalue weighted by atomic mass is 10.1. The number of esters is 1. The number of methoxy groups -OCH3 is 1. The molecule has 0 saturated heterocycles. The molecule has 0 saturated carbocycles. The van der Waals surface area contributed by atoms with Gasteiger partial charge in [0.15, 0.2) is 0 Å². The Morgan fingerprint density at radius 2 is 0.967 bits per heavy atom. The summed E-state index contributed by atoms with van der Waals surface area (Å²) < 4.78 is 53.3. The summed E-state index contributed by atoms with van der Waals surface area (Å²) in [5.74, 6) is -0.417. The molecule has 0 aromatic heterocycles. The normalized spacial score (nSPS) is 9.90. The van der Waals surface area contributed by atoms with E-state index < -0.39 is 11.7 Å². The van der Waals surface area contributed by atoms with Crippen LogP contribution in [0.25, 0.3) is 0 Å². The van der Waals surface area contributed by atoms with Crippen LogP contribution in [0.1, 0.15) is 96.4 Å². The highest BCUT2D eigenvalue weighted by atomic mass is 19.4. The maximum Gasteiger partial charge on any atom is 0.416 e. The number of hydrogen-bond donors (Lipinski definition) is 0. The van der Waals surface area contributed by atoms with Crippen LogP contribution in [0, 0.1) is 22.9 Å². The molecule has 0 spiro atoms. The van der Waals surface area contributed by atoms with Gasteiger partial charge in [0, 0.05) is 12.1 Å². The molecule has 0 heterocycles. The summed E-state index contributed by atoms with van der Waals surface area (Å²) in [6.07, 6.45) is 1.36. The third-order valence-electron chi connectivity index (χ3n) is 8.99. The van der Waals surface area contributed by atoms with Crippen LogP contribution in [-0.2, 0) is 49.4 Å². The number of carbonyl (C=O) groups excluding carboxylic acids is 1. The Balaban J connectivity index is 0.000000368. The first kappa shape index (κ1) is 52.9. The van der Waals surface area contributed by atoms with E-state index in [1.54, 1.807) is 36.4 Å². The van der Waals surface area contributed by atoms with Crippen molar-refractivity contribution in [2.24, 2.45) is 0 Å². The van der Waals surface area contributed by atoms with Gasteiger partial charge in [-0.3, -0.25) is 10.1 Å². The van der Waals surface area contributed by atoms with Crippen molar-refractivity contribution in [3.63, 3.8) is 0 Å². The maximum atomic E-state index is 12.4. The van der Waals surface area contributed by atoms with Crippen molar-refractivity contribution in [2.45, 2.75) is 93.2 Å². The van der Waals surface area contributed by atoms with Gasteiger partial charge >= 0.3 is 12.1 Å². The molecule has 0 radical (unpaired) electrons. The smallest absolute Gasteiger partial charge is 0.416 e. The zero-order chi connectivity index (χ0) is 45.6. The van der Waals surface area contributed by atoms with Gasteiger partial charge in [-0.05, 0) is 109 Å². The molecule has 0 aliphatic rings. The Morgan fingerprint density at radius 1 is 0.541 bits per heavy atom. The second-order valence-electron chi connectivity index (χ2n) is 13.5. The average molecular weight is 840 g/mol. The van der Waals surface area contributed by atoms with Crippen molar-refractivity contribution >= 4 is 11.7 Å². The summed E-state index contributed by atoms with van der Waals surface area (Å²) in [6.45, 7) is 14.3. The monoisotopic (exact) mass is 839 g/mol. The third kappa shape index (κ3) is 22.7. The molecule has 0 atom stereocenters. The number of benzene rings is 6. The fourth-order valence-electron chi connectivity index (χ4n) is 5.30. The second kappa shape index (κ2) is 30.0. The molecule has 0 fully saturated rings. The number of non-ortho nitro benzene ring substituents is 1. The first-order valence-corrected chi connectivity index (χ1v) is 20.5. The number of hydrogen-bond acceptors (Lipinski definition) is 4. The van der Waals surface area contributed by atoms with E-state index in [4.69, 9.17) is 0 Å². The van der Waals surface area contributed by atoms with Gasteiger partial charge in [-0.15, -0.1) is 0 Å². The lowest BCUT2D eigenvalue weighted by Gasteiger charge is -2.06. The van der Waals surface area contributed by atoms with Gasteiger partial charge in [0.1, 0.15) is 5.82 Å². The Labute approximate surface area is 360 Å². The maximum absolute atomic E-state index is 12.4. The molecule has 5 nitrogen and oxygen atoms in total. The zero-order valence-corrected chi connectivity index (χ0v) is 36.8. The molecular formula is C52H61F4NO4. The van der Waals surface area contributed by atoms with Crippen LogP contribution in [0.15, 0.2) is 152 Å². The zero-order valence-electron chi connectivity index (χ0n) is 36.8. The minimum Gasteiger partial charge on any atom is -0.465 e. The number of rotatable bonds is 8. The molecule has 0 unspecified atom stereocenters. The number of alkyl halides is 3. The first-order valence-electron chi connectivity index (χ1n) is 20.5. The quantitative estimate of drug-likeness (QED) is 0.0662. The van der Waals surface area contributed by atoms with Gasteiger partial charge in [-0.2, -0.15) is 13.2 Å². The van der Waals surface area contributed by atoms with E-state index in [9.17, 15) is 32.5 Å². The lowest BCUT2D eigenvalue weighted by molar-refractivity contribution is -0.384. The highest BCUT2D eigenvalue weighted by molar-refractivity contribution is 5.89. The Hall–Kier alpha value is -6.09. The van der Waals surface area contributed by atoms with E-state index in [-0.39, 0.29) is 22.4 Å². The Kier molecular flexibility index (Phi) is 26.0. The number of ether oxygens (including phenoxy) is 1. The van der Waals surface area contributed by atoms with Crippen molar-refractivity contribution in [1.82, 2.24) is 0 Å². The van der Waals surface area contributed by atoms with Crippen LogP contribution in [0.2, 0.25) is 0 Å². The first-order chi connectivity index (χ1) is 29.1. The fraction of sp³-hybridized carbons (Fsp3) is 0.288. The number of halogens is 4. The predicted molar refractivity (Wildman–Crippen MR) is 243 cm³/mol. The van der Waals surface area contributed by atoms with Gasteiger partial charge in [-0.1, -0.05) is 156 Å². The largest absolute Gasteiger partial charge is 0.465 e. The molecule has 326 valence electrons. The Morgan fingerprint density at radius 3 is 1.39 bits per heavy atom. The average Bonchev–Trinajstić information content (AvgIpc) is 3.29. The van der Waals surface area contributed by atoms with Crippen molar-refractivity contribution in [1.29, 1.82) is 0 Å². The van der Waals surface area contributed by atoms with Crippen molar-refractivity contribution in [2.75, 3.05) is 7.11 Å². The summed E-state index contributed by atoms with van der Waals surface area (Å²) in [7, 11) is 1.39. The highest BCUT2D eigenvalue weighted by Crippen LogP contribution is 2.29. The predicted octanol–water partition coefficient (Wildman–Crippen LogP) is 14.7. The molecule has 6 aromatic rings. The standard InChI is InChI=1S/C10H12O2.C9H9F3.C9H12.C8H9F.C8H9NO2.C8H10/c1-3-8-5-4-6-9(7-8)10(11)12-2;1-2-7-4-3-5-8(6-7)9(10,11)12;1-3-9-6-4-5-8(2)7-9;1-2-7-4-3-5-8(9)6-7;1-2-7-4-3-5-8(6-7)9(10)11;1-2-8-6-4-3-5-7-8/h4-7H,3H2,1-2H3;3-6H,2H2,1H3;4-7H,3H2,1-2H3;3-6H,2H2,1H3;3-6H,2H2,1H3;3-7H,2H2,1H3. The SMILES string of the molecule is CCc1cccc(C(=O)OC)c1.CCc1cccc(C(F)(F)F)c1.CCc1cccc(C)c1.CCc1cccc(F)c1.CCc1cccc([N+](=O)[O-])c1.CCc1ccccc1. The summed E-state index contributed by atoms with van der Waals surface area (Å²) in [4.78, 5) is 21.0. The van der Waals surface area contributed by atoms with Gasteiger partial charge in [0.05, 0.1) is 23.2 Å². The van der Waals surface area contributed by atoms with E-state index in [2.05, 4.69) is 81.0 Å². The fourth-order valence-corrected chi connectivity index (χ4v) is 5.30. The minimum absolute atomic E-state index is 0.144. The van der Waals surface area contributed by atoms with E-state index in [0.717, 1.165) is 54.9 Å². The van der Waals surface area contributed by atoms with Crippen molar-refractivity contribution in [3.05, 3.63) is 218 Å². The van der Waals surface area contributed by atoms with Crippen LogP contribution in [-0.4, -0.2) is 18.0 Å². The van der Waals surface area contributed by atoms with E-state index in [1.165, 1.54) is 48.1 Å². The van der Waals surface area contributed by atoms with E-state index in [0.29, 0.717) is 17.5 Å². The highest BCUT2D eigenvalue weighted by Gasteiger charge is 2.30. The number of aryl methyl sites for hydroxylation is 7.